The standard InChI is InChI=1S/C22H30NO6P.2H2O/c1-5-30(26,6-2)29-17-9-14-12-23-16(13(3)24)11-22-8-7-15(25)10-18(22)28-21(19(14)22)20(17)27-4;;/h7-9,15-16,18,23,25H,5-6,10-12H2,1-4H3;2*1H2. The van der Waals surface area contributed by atoms with Gasteiger partial charge in [0.2, 0.25) is 13.1 Å². The van der Waals surface area contributed by atoms with E-state index in [4.69, 9.17) is 14.0 Å². The van der Waals surface area contributed by atoms with Gasteiger partial charge in [-0.2, -0.15) is 0 Å². The van der Waals surface area contributed by atoms with Crippen LogP contribution >= 0.6 is 7.37 Å². The number of aliphatic hydroxyl groups is 1. The van der Waals surface area contributed by atoms with E-state index in [0.717, 1.165) is 11.1 Å². The van der Waals surface area contributed by atoms with Crippen LogP contribution in [-0.2, 0) is 21.3 Å². The molecule has 1 aromatic carbocycles. The number of hydrogen-bond acceptors (Lipinski definition) is 7. The zero-order valence-electron chi connectivity index (χ0n) is 18.9. The lowest BCUT2D eigenvalue weighted by atomic mass is 9.67. The lowest BCUT2D eigenvalue weighted by molar-refractivity contribution is -0.119. The molecule has 4 rings (SSSR count). The van der Waals surface area contributed by atoms with E-state index in [9.17, 15) is 14.5 Å². The number of aliphatic hydroxyl groups excluding tert-OH is 1. The van der Waals surface area contributed by atoms with Crippen molar-refractivity contribution < 1.29 is 39.4 Å². The van der Waals surface area contributed by atoms with Crippen molar-refractivity contribution in [3.05, 3.63) is 29.3 Å². The number of methoxy groups -OCH3 is 1. The van der Waals surface area contributed by atoms with Crippen molar-refractivity contribution in [1.29, 1.82) is 0 Å². The molecule has 0 aromatic heterocycles. The summed E-state index contributed by atoms with van der Waals surface area (Å²) >= 11 is 0. The van der Waals surface area contributed by atoms with Gasteiger partial charge in [-0.05, 0) is 25.0 Å². The summed E-state index contributed by atoms with van der Waals surface area (Å²) in [6.07, 6.45) is 4.68. The Morgan fingerprint density at radius 2 is 2.03 bits per heavy atom. The highest BCUT2D eigenvalue weighted by Gasteiger charge is 2.54. The van der Waals surface area contributed by atoms with Gasteiger partial charge in [0.1, 0.15) is 11.9 Å². The molecule has 1 spiro atoms. The van der Waals surface area contributed by atoms with Crippen molar-refractivity contribution in [2.45, 2.75) is 63.8 Å². The Labute approximate surface area is 188 Å². The first kappa shape index (κ1) is 26.4. The third-order valence-electron chi connectivity index (χ3n) is 6.66. The second-order valence-corrected chi connectivity index (χ2v) is 11.4. The fourth-order valence-electron chi connectivity index (χ4n) is 4.89. The van der Waals surface area contributed by atoms with E-state index >= 15 is 0 Å². The van der Waals surface area contributed by atoms with E-state index in [1.54, 1.807) is 20.1 Å². The second kappa shape index (κ2) is 9.53. The molecular weight excluding hydrogens is 437 g/mol. The van der Waals surface area contributed by atoms with Crippen LogP contribution in [-0.4, -0.2) is 59.5 Å². The van der Waals surface area contributed by atoms with Crippen LogP contribution in [0.4, 0.5) is 0 Å². The zero-order chi connectivity index (χ0) is 21.7. The van der Waals surface area contributed by atoms with Gasteiger partial charge >= 0.3 is 0 Å². The molecule has 3 aliphatic rings. The van der Waals surface area contributed by atoms with E-state index in [0.29, 0.717) is 49.0 Å². The fraction of sp³-hybridized carbons (Fsp3) is 0.591. The highest BCUT2D eigenvalue weighted by Crippen LogP contribution is 2.60. The Bertz CT molecular complexity index is 940. The van der Waals surface area contributed by atoms with Crippen molar-refractivity contribution in [1.82, 2.24) is 5.32 Å². The van der Waals surface area contributed by atoms with E-state index < -0.39 is 18.9 Å². The monoisotopic (exact) mass is 471 g/mol. The van der Waals surface area contributed by atoms with E-state index in [-0.39, 0.29) is 28.9 Å². The number of carbonyl (C=O) groups is 1. The molecule has 0 saturated heterocycles. The molecule has 9 nitrogen and oxygen atoms in total. The van der Waals surface area contributed by atoms with Crippen molar-refractivity contribution >= 4 is 13.2 Å². The summed E-state index contributed by atoms with van der Waals surface area (Å²) in [6, 6.07) is 1.54. The Morgan fingerprint density at radius 3 is 2.62 bits per heavy atom. The highest BCUT2D eigenvalue weighted by molar-refractivity contribution is 7.59. The maximum Gasteiger partial charge on any atom is 0.247 e. The minimum Gasteiger partial charge on any atom is -0.490 e. The normalized spacial score (nSPS) is 27.6. The van der Waals surface area contributed by atoms with E-state index in [1.807, 2.05) is 26.0 Å². The lowest BCUT2D eigenvalue weighted by Gasteiger charge is -2.37. The minimum atomic E-state index is -2.84. The van der Waals surface area contributed by atoms with Gasteiger partial charge in [-0.15, -0.1) is 0 Å². The molecule has 4 unspecified atom stereocenters. The van der Waals surface area contributed by atoms with Crippen LogP contribution in [0.1, 0.15) is 44.7 Å². The van der Waals surface area contributed by atoms with Crippen LogP contribution in [0.3, 0.4) is 0 Å². The molecule has 32 heavy (non-hydrogen) atoms. The number of benzene rings is 1. The molecular formula is C22H34NO8P. The number of Topliss-reactive ketones (excluding diaryl/α,β-unsaturated/α-hetero) is 1. The van der Waals surface area contributed by atoms with Gasteiger partial charge in [-0.1, -0.05) is 26.0 Å². The lowest BCUT2D eigenvalue weighted by Crippen LogP contribution is -2.46. The first-order chi connectivity index (χ1) is 14.3. The average Bonchev–Trinajstić information content (AvgIpc) is 2.94. The third-order valence-corrected chi connectivity index (χ3v) is 9.12. The predicted molar refractivity (Wildman–Crippen MR) is 121 cm³/mol. The Hall–Kier alpha value is -1.90. The Morgan fingerprint density at radius 1 is 1.34 bits per heavy atom. The van der Waals surface area contributed by atoms with E-state index in [1.165, 1.54) is 0 Å². The molecule has 1 aromatic rings. The molecule has 0 amide bonds. The second-order valence-electron chi connectivity index (χ2n) is 8.37. The molecule has 4 atom stereocenters. The molecule has 0 radical (unpaired) electrons. The molecule has 2 aliphatic heterocycles. The van der Waals surface area contributed by atoms with Crippen LogP contribution in [0.25, 0.3) is 0 Å². The topological polar surface area (TPSA) is 157 Å². The van der Waals surface area contributed by atoms with Crippen LogP contribution in [0.5, 0.6) is 17.2 Å². The smallest absolute Gasteiger partial charge is 0.247 e. The Kier molecular flexibility index (Phi) is 7.85. The summed E-state index contributed by atoms with van der Waals surface area (Å²) in [5.41, 5.74) is 1.38. The number of rotatable bonds is 6. The SMILES string of the molecule is CCP(=O)(CC)Oc1cc2c3c(c1OC)OC1CC(O)C=CC31CC(C(C)=O)NC2.O.O. The number of ether oxygens (including phenoxy) is 2. The van der Waals surface area contributed by atoms with Gasteiger partial charge in [-0.25, -0.2) is 0 Å². The summed E-state index contributed by atoms with van der Waals surface area (Å²) in [5.74, 6) is 1.46. The highest BCUT2D eigenvalue weighted by atomic mass is 31.2. The van der Waals surface area contributed by atoms with Crippen molar-refractivity contribution in [3.63, 3.8) is 0 Å². The largest absolute Gasteiger partial charge is 0.490 e. The van der Waals surface area contributed by atoms with Crippen LogP contribution < -0.4 is 19.3 Å². The number of nitrogens with one attached hydrogen (secondary N) is 1. The number of ketones is 1. The quantitative estimate of drug-likeness (QED) is 0.470. The molecule has 10 heteroatoms. The van der Waals surface area contributed by atoms with Crippen molar-refractivity contribution in [2.75, 3.05) is 19.4 Å². The van der Waals surface area contributed by atoms with Gasteiger partial charge in [0, 0.05) is 30.9 Å². The van der Waals surface area contributed by atoms with Crippen molar-refractivity contribution in [2.24, 2.45) is 0 Å². The number of carbonyl (C=O) groups excluding carboxylic acids is 1. The zero-order valence-corrected chi connectivity index (χ0v) is 19.8. The first-order valence-electron chi connectivity index (χ1n) is 10.6. The summed E-state index contributed by atoms with van der Waals surface area (Å²) in [6.45, 7) is 5.75. The maximum atomic E-state index is 13.0. The molecule has 0 bridgehead atoms. The number of hydrogen-bond donors (Lipinski definition) is 2. The van der Waals surface area contributed by atoms with Gasteiger partial charge < -0.3 is 35.4 Å². The predicted octanol–water partition coefficient (Wildman–Crippen LogP) is 1.51. The summed E-state index contributed by atoms with van der Waals surface area (Å²) in [7, 11) is -1.30. The first-order valence-corrected chi connectivity index (χ1v) is 12.6. The molecule has 1 aliphatic carbocycles. The average molecular weight is 471 g/mol. The third kappa shape index (κ3) is 4.08. The van der Waals surface area contributed by atoms with Crippen molar-refractivity contribution in [3.8, 4) is 17.2 Å². The minimum absolute atomic E-state index is 0. The molecule has 2 heterocycles. The molecule has 0 saturated carbocycles. The maximum absolute atomic E-state index is 13.0. The van der Waals surface area contributed by atoms with E-state index in [2.05, 4.69) is 5.32 Å². The Balaban J connectivity index is 0.00000181. The fourth-order valence-corrected chi connectivity index (χ4v) is 6.09. The summed E-state index contributed by atoms with van der Waals surface area (Å²) in [4.78, 5) is 12.3. The van der Waals surface area contributed by atoms with Crippen LogP contribution in [0.15, 0.2) is 18.2 Å². The molecule has 0 fully saturated rings. The van der Waals surface area contributed by atoms with Gasteiger partial charge in [-0.3, -0.25) is 9.36 Å². The van der Waals surface area contributed by atoms with Gasteiger partial charge in [0.15, 0.2) is 11.5 Å². The van der Waals surface area contributed by atoms with Crippen LogP contribution in [0.2, 0.25) is 0 Å². The summed E-state index contributed by atoms with van der Waals surface area (Å²) < 4.78 is 31.1. The summed E-state index contributed by atoms with van der Waals surface area (Å²) in [5, 5.41) is 13.6. The van der Waals surface area contributed by atoms with Gasteiger partial charge in [0.05, 0.1) is 24.7 Å². The van der Waals surface area contributed by atoms with Crippen LogP contribution in [0, 0.1) is 0 Å². The molecule has 6 N–H and O–H groups in total. The molecule has 180 valence electrons. The van der Waals surface area contributed by atoms with Gasteiger partial charge in [0.25, 0.3) is 0 Å².